The predicted octanol–water partition coefficient (Wildman–Crippen LogP) is 0.920. The van der Waals surface area contributed by atoms with Gasteiger partial charge >= 0.3 is 5.97 Å². The Morgan fingerprint density at radius 1 is 1.35 bits per heavy atom. The molecule has 1 heterocycles. The largest absolute Gasteiger partial charge is 0.481 e. The molecule has 1 aliphatic rings. The van der Waals surface area contributed by atoms with Crippen LogP contribution in [0.3, 0.4) is 0 Å². The molecular formula is C13H18N2O2. The predicted molar refractivity (Wildman–Crippen MR) is 65.4 cm³/mol. The van der Waals surface area contributed by atoms with Crippen molar-refractivity contribution in [2.24, 2.45) is 11.7 Å². The smallest absolute Gasteiger partial charge is 0.303 e. The molecule has 0 bridgehead atoms. The maximum absolute atomic E-state index is 10.7. The van der Waals surface area contributed by atoms with Gasteiger partial charge in [0.15, 0.2) is 0 Å². The lowest BCUT2D eigenvalue weighted by molar-refractivity contribution is -0.138. The summed E-state index contributed by atoms with van der Waals surface area (Å²) in [5.74, 6) is -0.678. The van der Waals surface area contributed by atoms with Crippen LogP contribution in [0.1, 0.15) is 12.0 Å². The van der Waals surface area contributed by atoms with Crippen molar-refractivity contribution in [3.05, 3.63) is 35.9 Å². The van der Waals surface area contributed by atoms with E-state index in [4.69, 9.17) is 10.8 Å². The molecule has 0 aliphatic carbocycles. The van der Waals surface area contributed by atoms with Crippen LogP contribution in [-0.2, 0) is 11.3 Å². The third kappa shape index (κ3) is 3.28. The van der Waals surface area contributed by atoms with Crippen molar-refractivity contribution in [2.75, 3.05) is 13.1 Å². The summed E-state index contributed by atoms with van der Waals surface area (Å²) in [5.41, 5.74) is 7.21. The molecule has 0 amide bonds. The van der Waals surface area contributed by atoms with Gasteiger partial charge in [-0.15, -0.1) is 0 Å². The van der Waals surface area contributed by atoms with Gasteiger partial charge in [0.1, 0.15) is 0 Å². The van der Waals surface area contributed by atoms with Crippen molar-refractivity contribution < 1.29 is 9.90 Å². The third-order valence-electron chi connectivity index (χ3n) is 3.25. The zero-order valence-electron chi connectivity index (χ0n) is 9.75. The van der Waals surface area contributed by atoms with E-state index in [9.17, 15) is 4.79 Å². The number of aliphatic carboxylic acids is 1. The Labute approximate surface area is 101 Å². The Kier molecular flexibility index (Phi) is 3.76. The second-order valence-corrected chi connectivity index (χ2v) is 4.70. The number of carboxylic acid groups (broad SMARTS) is 1. The van der Waals surface area contributed by atoms with Crippen LogP contribution in [-0.4, -0.2) is 35.1 Å². The van der Waals surface area contributed by atoms with E-state index in [2.05, 4.69) is 17.0 Å². The van der Waals surface area contributed by atoms with Crippen LogP contribution < -0.4 is 5.73 Å². The minimum absolute atomic E-state index is 0.0187. The number of hydrogen-bond donors (Lipinski definition) is 2. The SMILES string of the molecule is N[C@@H]1CN(Cc2ccccc2)C[C@H]1CC(=O)O. The molecule has 1 fully saturated rings. The number of likely N-dealkylation sites (tertiary alicyclic amines) is 1. The molecular weight excluding hydrogens is 216 g/mol. The lowest BCUT2D eigenvalue weighted by Crippen LogP contribution is -2.30. The van der Waals surface area contributed by atoms with E-state index in [1.807, 2.05) is 18.2 Å². The highest BCUT2D eigenvalue weighted by molar-refractivity contribution is 5.67. The van der Waals surface area contributed by atoms with E-state index in [1.165, 1.54) is 5.56 Å². The van der Waals surface area contributed by atoms with Crippen molar-refractivity contribution in [3.8, 4) is 0 Å². The molecule has 0 unspecified atom stereocenters. The van der Waals surface area contributed by atoms with Crippen LogP contribution in [0, 0.1) is 5.92 Å². The number of carboxylic acids is 1. The first-order valence-electron chi connectivity index (χ1n) is 5.89. The first-order chi connectivity index (χ1) is 8.15. The van der Waals surface area contributed by atoms with Crippen molar-refractivity contribution in [3.63, 3.8) is 0 Å². The highest BCUT2D eigenvalue weighted by atomic mass is 16.4. The number of nitrogens with zero attached hydrogens (tertiary/aromatic N) is 1. The molecule has 1 aromatic rings. The Morgan fingerprint density at radius 3 is 2.71 bits per heavy atom. The van der Waals surface area contributed by atoms with Gasteiger partial charge in [0.25, 0.3) is 0 Å². The van der Waals surface area contributed by atoms with Gasteiger partial charge in [0.2, 0.25) is 0 Å². The van der Waals surface area contributed by atoms with E-state index in [0.717, 1.165) is 19.6 Å². The third-order valence-corrected chi connectivity index (χ3v) is 3.25. The molecule has 0 aromatic heterocycles. The van der Waals surface area contributed by atoms with Crippen LogP contribution in [0.2, 0.25) is 0 Å². The average Bonchev–Trinajstić information content (AvgIpc) is 2.59. The molecule has 0 spiro atoms. The van der Waals surface area contributed by atoms with Gasteiger partial charge in [0, 0.05) is 25.7 Å². The number of carbonyl (C=O) groups is 1. The van der Waals surface area contributed by atoms with Gasteiger partial charge in [0.05, 0.1) is 6.42 Å². The fourth-order valence-electron chi connectivity index (χ4n) is 2.40. The maximum atomic E-state index is 10.7. The molecule has 0 saturated carbocycles. The minimum Gasteiger partial charge on any atom is -0.481 e. The highest BCUT2D eigenvalue weighted by Gasteiger charge is 2.31. The molecule has 4 heteroatoms. The molecule has 2 atom stereocenters. The first kappa shape index (κ1) is 12.1. The van der Waals surface area contributed by atoms with Crippen LogP contribution in [0.5, 0.6) is 0 Å². The van der Waals surface area contributed by atoms with Gasteiger partial charge < -0.3 is 10.8 Å². The Balaban J connectivity index is 1.91. The molecule has 2 rings (SSSR count). The molecule has 1 saturated heterocycles. The molecule has 0 radical (unpaired) electrons. The molecule has 1 aromatic carbocycles. The zero-order chi connectivity index (χ0) is 12.3. The van der Waals surface area contributed by atoms with Gasteiger partial charge in [-0.2, -0.15) is 0 Å². The number of nitrogens with two attached hydrogens (primary N) is 1. The number of benzene rings is 1. The normalized spacial score (nSPS) is 25.0. The van der Waals surface area contributed by atoms with E-state index in [-0.39, 0.29) is 18.4 Å². The van der Waals surface area contributed by atoms with E-state index in [0.29, 0.717) is 0 Å². The fraction of sp³-hybridized carbons (Fsp3) is 0.462. The Morgan fingerprint density at radius 2 is 2.06 bits per heavy atom. The monoisotopic (exact) mass is 234 g/mol. The highest BCUT2D eigenvalue weighted by Crippen LogP contribution is 2.20. The van der Waals surface area contributed by atoms with Crippen LogP contribution in [0.4, 0.5) is 0 Å². The van der Waals surface area contributed by atoms with Crippen molar-refractivity contribution in [2.45, 2.75) is 19.0 Å². The second kappa shape index (κ2) is 5.29. The quantitative estimate of drug-likeness (QED) is 0.813. The van der Waals surface area contributed by atoms with Crippen LogP contribution >= 0.6 is 0 Å². The van der Waals surface area contributed by atoms with Gasteiger partial charge in [-0.05, 0) is 11.5 Å². The fourth-order valence-corrected chi connectivity index (χ4v) is 2.40. The van der Waals surface area contributed by atoms with Crippen molar-refractivity contribution in [1.29, 1.82) is 0 Å². The van der Waals surface area contributed by atoms with Gasteiger partial charge in [-0.1, -0.05) is 30.3 Å². The van der Waals surface area contributed by atoms with E-state index in [1.54, 1.807) is 0 Å². The lowest BCUT2D eigenvalue weighted by atomic mass is 10.0. The number of hydrogen-bond acceptors (Lipinski definition) is 3. The summed E-state index contributed by atoms with van der Waals surface area (Å²) < 4.78 is 0. The summed E-state index contributed by atoms with van der Waals surface area (Å²) in [5, 5.41) is 8.79. The van der Waals surface area contributed by atoms with Crippen LogP contribution in [0.15, 0.2) is 30.3 Å². The van der Waals surface area contributed by atoms with Crippen molar-refractivity contribution in [1.82, 2.24) is 4.90 Å². The number of rotatable bonds is 4. The first-order valence-corrected chi connectivity index (χ1v) is 5.89. The summed E-state index contributed by atoms with van der Waals surface area (Å²) in [6, 6.07) is 10.2. The molecule has 4 nitrogen and oxygen atoms in total. The summed E-state index contributed by atoms with van der Waals surface area (Å²) >= 11 is 0. The summed E-state index contributed by atoms with van der Waals surface area (Å²) in [4.78, 5) is 12.9. The van der Waals surface area contributed by atoms with Gasteiger partial charge in [-0.25, -0.2) is 0 Å². The Bertz CT molecular complexity index is 380. The average molecular weight is 234 g/mol. The topological polar surface area (TPSA) is 66.6 Å². The van der Waals surface area contributed by atoms with Crippen molar-refractivity contribution >= 4 is 5.97 Å². The van der Waals surface area contributed by atoms with Crippen LogP contribution in [0.25, 0.3) is 0 Å². The Hall–Kier alpha value is -1.39. The standard InChI is InChI=1S/C13H18N2O2/c14-12-9-15(8-11(12)6-13(16)17)7-10-4-2-1-3-5-10/h1-5,11-12H,6-9,14H2,(H,16,17)/t11-,12-/m1/s1. The van der Waals surface area contributed by atoms with E-state index < -0.39 is 5.97 Å². The summed E-state index contributed by atoms with van der Waals surface area (Å²) in [6.45, 7) is 2.42. The molecule has 3 N–H and O–H groups in total. The molecule has 17 heavy (non-hydrogen) atoms. The summed E-state index contributed by atoms with van der Waals surface area (Å²) in [7, 11) is 0. The molecule has 92 valence electrons. The van der Waals surface area contributed by atoms with E-state index >= 15 is 0 Å². The maximum Gasteiger partial charge on any atom is 0.303 e. The zero-order valence-corrected chi connectivity index (χ0v) is 9.75. The second-order valence-electron chi connectivity index (χ2n) is 4.70. The summed E-state index contributed by atoms with van der Waals surface area (Å²) in [6.07, 6.45) is 0.173. The molecule has 1 aliphatic heterocycles. The minimum atomic E-state index is -0.757. The lowest BCUT2D eigenvalue weighted by Gasteiger charge is -2.15. The van der Waals surface area contributed by atoms with Gasteiger partial charge in [-0.3, -0.25) is 9.69 Å².